The van der Waals surface area contributed by atoms with Crippen LogP contribution in [0.4, 0.5) is 5.13 Å². The van der Waals surface area contributed by atoms with Gasteiger partial charge in [-0.2, -0.15) is 0 Å². The zero-order valence-electron chi connectivity index (χ0n) is 14.7. The van der Waals surface area contributed by atoms with Gasteiger partial charge >= 0.3 is 0 Å². The smallest absolute Gasteiger partial charge is 0.279 e. The van der Waals surface area contributed by atoms with Gasteiger partial charge in [-0.25, -0.2) is 4.98 Å². The molecule has 2 aromatic rings. The summed E-state index contributed by atoms with van der Waals surface area (Å²) in [4.78, 5) is 32.2. The van der Waals surface area contributed by atoms with Crippen molar-refractivity contribution in [2.24, 2.45) is 5.92 Å². The van der Waals surface area contributed by atoms with Crippen molar-refractivity contribution in [3.05, 3.63) is 28.1 Å². The van der Waals surface area contributed by atoms with Crippen LogP contribution in [0, 0.1) is 12.8 Å². The fourth-order valence-corrected chi connectivity index (χ4v) is 3.99. The molecule has 0 fully saturated rings. The van der Waals surface area contributed by atoms with Crippen molar-refractivity contribution in [2.75, 3.05) is 11.9 Å². The molecule has 25 heavy (non-hydrogen) atoms. The largest absolute Gasteiger partial charge is 0.361 e. The Bertz CT molecular complexity index is 779. The third kappa shape index (κ3) is 3.73. The molecule has 0 aliphatic carbocycles. The number of thiazole rings is 1. The van der Waals surface area contributed by atoms with Crippen LogP contribution >= 0.6 is 11.3 Å². The van der Waals surface area contributed by atoms with Crippen molar-refractivity contribution in [1.29, 1.82) is 0 Å². The number of rotatable bonds is 5. The molecule has 0 saturated carbocycles. The second-order valence-corrected chi connectivity index (χ2v) is 7.27. The first-order chi connectivity index (χ1) is 12.0. The van der Waals surface area contributed by atoms with Gasteiger partial charge < -0.3 is 9.42 Å². The van der Waals surface area contributed by atoms with Crippen LogP contribution in [0.3, 0.4) is 0 Å². The van der Waals surface area contributed by atoms with Crippen LogP contribution in [-0.4, -0.2) is 33.4 Å². The van der Waals surface area contributed by atoms with E-state index in [0.29, 0.717) is 24.0 Å². The highest BCUT2D eigenvalue weighted by molar-refractivity contribution is 7.15. The quantitative estimate of drug-likeness (QED) is 0.883. The van der Waals surface area contributed by atoms with E-state index in [1.54, 1.807) is 13.0 Å². The molecule has 0 bridgehead atoms. The van der Waals surface area contributed by atoms with E-state index >= 15 is 0 Å². The van der Waals surface area contributed by atoms with Crippen molar-refractivity contribution in [3.8, 4) is 0 Å². The molecule has 0 radical (unpaired) electrons. The Hall–Kier alpha value is -2.22. The van der Waals surface area contributed by atoms with Crippen molar-refractivity contribution in [3.63, 3.8) is 0 Å². The molecule has 1 aliphatic rings. The summed E-state index contributed by atoms with van der Waals surface area (Å²) < 4.78 is 4.92. The van der Waals surface area contributed by atoms with Crippen LogP contribution in [0.2, 0.25) is 0 Å². The first kappa shape index (κ1) is 17.6. The minimum Gasteiger partial charge on any atom is -0.361 e. The van der Waals surface area contributed by atoms with Crippen LogP contribution in [0.5, 0.6) is 0 Å². The molecule has 8 heteroatoms. The number of aryl methyl sites for hydroxylation is 1. The molecular weight excluding hydrogens is 340 g/mol. The molecule has 0 unspecified atom stereocenters. The van der Waals surface area contributed by atoms with Crippen molar-refractivity contribution >= 4 is 28.3 Å². The van der Waals surface area contributed by atoms with E-state index in [2.05, 4.69) is 15.5 Å². The lowest BCUT2D eigenvalue weighted by molar-refractivity contribution is -0.136. The van der Waals surface area contributed by atoms with Gasteiger partial charge in [0.1, 0.15) is 5.76 Å². The number of hydrogen-bond donors (Lipinski definition) is 1. The maximum atomic E-state index is 12.6. The monoisotopic (exact) mass is 362 g/mol. The van der Waals surface area contributed by atoms with Gasteiger partial charge in [-0.1, -0.05) is 30.3 Å². The molecule has 1 aliphatic heterocycles. The maximum Gasteiger partial charge on any atom is 0.279 e. The number of carbonyl (C=O) groups is 2. The van der Waals surface area contributed by atoms with E-state index in [1.165, 1.54) is 11.3 Å². The average molecular weight is 362 g/mol. The second kappa shape index (κ2) is 7.35. The summed E-state index contributed by atoms with van der Waals surface area (Å²) in [6.07, 6.45) is 2.44. The Labute approximate surface area is 150 Å². The van der Waals surface area contributed by atoms with Crippen LogP contribution in [0.25, 0.3) is 0 Å². The van der Waals surface area contributed by atoms with Crippen LogP contribution in [0.1, 0.15) is 53.5 Å². The Kier molecular flexibility index (Phi) is 5.17. The minimum atomic E-state index is -0.340. The molecule has 3 heterocycles. The molecule has 3 rings (SSSR count). The summed E-state index contributed by atoms with van der Waals surface area (Å²) >= 11 is 1.42. The van der Waals surface area contributed by atoms with Crippen molar-refractivity contribution in [2.45, 2.75) is 46.6 Å². The summed E-state index contributed by atoms with van der Waals surface area (Å²) in [6, 6.07) is 1.58. The topological polar surface area (TPSA) is 88.3 Å². The van der Waals surface area contributed by atoms with Gasteiger partial charge in [0.15, 0.2) is 10.8 Å². The number of aromatic nitrogens is 2. The standard InChI is InChI=1S/C17H22N4O3S/c1-4-11(5-2)16(23)21-7-6-12-14(9-21)25-17(18-12)19-15(22)13-8-10(3)24-20-13/h8,11H,4-7,9H2,1-3H3,(H,18,19,22). The van der Waals surface area contributed by atoms with Crippen LogP contribution in [-0.2, 0) is 17.8 Å². The van der Waals surface area contributed by atoms with E-state index in [-0.39, 0.29) is 23.4 Å². The first-order valence-electron chi connectivity index (χ1n) is 8.53. The van der Waals surface area contributed by atoms with E-state index in [9.17, 15) is 9.59 Å². The van der Waals surface area contributed by atoms with E-state index in [0.717, 1.165) is 29.8 Å². The van der Waals surface area contributed by atoms with Gasteiger partial charge in [0, 0.05) is 29.8 Å². The lowest BCUT2D eigenvalue weighted by Gasteiger charge is -2.29. The highest BCUT2D eigenvalue weighted by atomic mass is 32.1. The van der Waals surface area contributed by atoms with E-state index < -0.39 is 0 Å². The normalized spacial score (nSPS) is 13.8. The fraction of sp³-hybridized carbons (Fsp3) is 0.529. The van der Waals surface area contributed by atoms with Gasteiger partial charge in [-0.3, -0.25) is 14.9 Å². The predicted molar refractivity (Wildman–Crippen MR) is 94.5 cm³/mol. The number of hydrogen-bond acceptors (Lipinski definition) is 6. The van der Waals surface area contributed by atoms with Gasteiger partial charge in [0.25, 0.3) is 5.91 Å². The van der Waals surface area contributed by atoms with Gasteiger partial charge in [0.05, 0.1) is 12.2 Å². The zero-order valence-corrected chi connectivity index (χ0v) is 15.5. The van der Waals surface area contributed by atoms with Crippen LogP contribution < -0.4 is 5.32 Å². The lowest BCUT2D eigenvalue weighted by atomic mass is 10.0. The molecule has 134 valence electrons. The number of nitrogens with zero attached hydrogens (tertiary/aromatic N) is 3. The Morgan fingerprint density at radius 2 is 2.16 bits per heavy atom. The highest BCUT2D eigenvalue weighted by Gasteiger charge is 2.28. The lowest BCUT2D eigenvalue weighted by Crippen LogP contribution is -2.39. The van der Waals surface area contributed by atoms with E-state index in [1.807, 2.05) is 18.7 Å². The number of amides is 2. The predicted octanol–water partition coefficient (Wildman–Crippen LogP) is 3.01. The Morgan fingerprint density at radius 3 is 2.80 bits per heavy atom. The fourth-order valence-electron chi connectivity index (χ4n) is 2.97. The molecule has 7 nitrogen and oxygen atoms in total. The van der Waals surface area contributed by atoms with E-state index in [4.69, 9.17) is 4.52 Å². The third-order valence-electron chi connectivity index (χ3n) is 4.46. The molecule has 1 N–H and O–H groups in total. The van der Waals surface area contributed by atoms with Crippen molar-refractivity contribution < 1.29 is 14.1 Å². The molecule has 0 atom stereocenters. The maximum absolute atomic E-state index is 12.6. The zero-order chi connectivity index (χ0) is 18.0. The summed E-state index contributed by atoms with van der Waals surface area (Å²) in [6.45, 7) is 7.08. The number of nitrogens with one attached hydrogen (secondary N) is 1. The van der Waals surface area contributed by atoms with Crippen LogP contribution in [0.15, 0.2) is 10.6 Å². The van der Waals surface area contributed by atoms with Gasteiger partial charge in [-0.05, 0) is 19.8 Å². The van der Waals surface area contributed by atoms with Gasteiger partial charge in [0.2, 0.25) is 5.91 Å². The molecule has 0 saturated heterocycles. The molecule has 2 amide bonds. The number of anilines is 1. The number of fused-ring (bicyclic) bond motifs is 1. The Morgan fingerprint density at radius 1 is 1.40 bits per heavy atom. The average Bonchev–Trinajstić information content (AvgIpc) is 3.20. The molecular formula is C17H22N4O3S. The Balaban J connectivity index is 1.68. The number of carbonyl (C=O) groups excluding carboxylic acids is 2. The van der Waals surface area contributed by atoms with Gasteiger partial charge in [-0.15, -0.1) is 0 Å². The third-order valence-corrected chi connectivity index (χ3v) is 5.46. The minimum absolute atomic E-state index is 0.0871. The second-order valence-electron chi connectivity index (χ2n) is 6.19. The summed E-state index contributed by atoms with van der Waals surface area (Å²) in [5, 5.41) is 7.00. The SMILES string of the molecule is CCC(CC)C(=O)N1CCc2nc(NC(=O)c3cc(C)on3)sc2C1. The first-order valence-corrected chi connectivity index (χ1v) is 9.35. The van der Waals surface area contributed by atoms with Crippen molar-refractivity contribution in [1.82, 2.24) is 15.0 Å². The molecule has 2 aromatic heterocycles. The summed E-state index contributed by atoms with van der Waals surface area (Å²) in [7, 11) is 0. The molecule has 0 aromatic carbocycles. The summed E-state index contributed by atoms with van der Waals surface area (Å²) in [5.41, 5.74) is 1.20. The highest BCUT2D eigenvalue weighted by Crippen LogP contribution is 2.29. The molecule has 0 spiro atoms. The summed E-state index contributed by atoms with van der Waals surface area (Å²) in [5.74, 6) is 0.545.